The number of carbonyl (C=O) groups excluding carboxylic acids is 1. The van der Waals surface area contributed by atoms with Crippen molar-refractivity contribution in [3.8, 4) is 11.1 Å². The van der Waals surface area contributed by atoms with E-state index >= 15 is 0 Å². The van der Waals surface area contributed by atoms with Gasteiger partial charge in [-0.3, -0.25) is 0 Å². The first-order chi connectivity index (χ1) is 16.8. The molecule has 0 unspecified atom stereocenters. The van der Waals surface area contributed by atoms with E-state index in [2.05, 4.69) is 52.2 Å². The number of unbranched alkanes of at least 4 members (excludes halogenated alkanes) is 1. The minimum absolute atomic E-state index is 0.140. The smallest absolute Gasteiger partial charge is 0.407 e. The van der Waals surface area contributed by atoms with Gasteiger partial charge in [-0.05, 0) is 75.6 Å². The van der Waals surface area contributed by atoms with Crippen molar-refractivity contribution in [3.63, 3.8) is 0 Å². The SMILES string of the molecule is C=Cc1ccc2c(c1)CN(C1CCC(NC(=O)OC(C)(C)C)CC1)c1nc(NCCCC)ncc1-2. The first kappa shape index (κ1) is 25.0. The molecule has 1 aliphatic carbocycles. The van der Waals surface area contributed by atoms with Crippen LogP contribution >= 0.6 is 0 Å². The molecule has 0 saturated heterocycles. The summed E-state index contributed by atoms with van der Waals surface area (Å²) in [6.45, 7) is 13.5. The number of carbonyl (C=O) groups is 1. The van der Waals surface area contributed by atoms with Gasteiger partial charge in [0.15, 0.2) is 0 Å². The van der Waals surface area contributed by atoms with E-state index in [1.165, 1.54) is 11.1 Å². The lowest BCUT2D eigenvalue weighted by Gasteiger charge is -2.41. The highest BCUT2D eigenvalue weighted by Gasteiger charge is 2.33. The number of hydrogen-bond donors (Lipinski definition) is 2. The van der Waals surface area contributed by atoms with Crippen LogP contribution in [0.3, 0.4) is 0 Å². The predicted octanol–water partition coefficient (Wildman–Crippen LogP) is 6.15. The summed E-state index contributed by atoms with van der Waals surface area (Å²) in [5.41, 5.74) is 4.19. The number of benzene rings is 1. The average molecular weight is 478 g/mol. The highest BCUT2D eigenvalue weighted by atomic mass is 16.6. The number of alkyl carbamates (subject to hydrolysis) is 1. The van der Waals surface area contributed by atoms with Crippen LogP contribution in [0.2, 0.25) is 0 Å². The number of aromatic nitrogens is 2. The van der Waals surface area contributed by atoms with Crippen LogP contribution in [0.1, 0.15) is 77.3 Å². The van der Waals surface area contributed by atoms with Gasteiger partial charge in [0.2, 0.25) is 5.95 Å². The number of anilines is 2. The molecule has 1 aromatic carbocycles. The van der Waals surface area contributed by atoms with E-state index < -0.39 is 5.60 Å². The Morgan fingerprint density at radius 3 is 2.69 bits per heavy atom. The molecule has 0 radical (unpaired) electrons. The second kappa shape index (κ2) is 10.7. The summed E-state index contributed by atoms with van der Waals surface area (Å²) in [4.78, 5) is 24.3. The van der Waals surface area contributed by atoms with Crippen molar-refractivity contribution in [1.82, 2.24) is 15.3 Å². The van der Waals surface area contributed by atoms with Gasteiger partial charge in [-0.2, -0.15) is 4.98 Å². The number of ether oxygens (including phenoxy) is 1. The van der Waals surface area contributed by atoms with E-state index in [1.54, 1.807) is 0 Å². The molecular formula is C28H39N5O2. The van der Waals surface area contributed by atoms with Crippen LogP contribution < -0.4 is 15.5 Å². The van der Waals surface area contributed by atoms with Gasteiger partial charge in [0.05, 0.1) is 0 Å². The van der Waals surface area contributed by atoms with Gasteiger partial charge >= 0.3 is 6.09 Å². The molecule has 35 heavy (non-hydrogen) atoms. The Morgan fingerprint density at radius 1 is 1.23 bits per heavy atom. The van der Waals surface area contributed by atoms with Gasteiger partial charge in [-0.25, -0.2) is 9.78 Å². The average Bonchev–Trinajstić information content (AvgIpc) is 2.82. The van der Waals surface area contributed by atoms with E-state index in [9.17, 15) is 4.79 Å². The summed E-state index contributed by atoms with van der Waals surface area (Å²) >= 11 is 0. The second-order valence-electron chi connectivity index (χ2n) is 10.6. The number of hydrogen-bond acceptors (Lipinski definition) is 6. The van der Waals surface area contributed by atoms with E-state index in [-0.39, 0.29) is 12.1 Å². The van der Waals surface area contributed by atoms with Gasteiger partial charge in [-0.1, -0.05) is 38.1 Å². The van der Waals surface area contributed by atoms with Crippen molar-refractivity contribution in [2.75, 3.05) is 16.8 Å². The summed E-state index contributed by atoms with van der Waals surface area (Å²) in [5, 5.41) is 6.45. The van der Waals surface area contributed by atoms with Crippen molar-refractivity contribution in [3.05, 3.63) is 42.1 Å². The largest absolute Gasteiger partial charge is 0.444 e. The monoisotopic (exact) mass is 477 g/mol. The fraction of sp³-hybridized carbons (Fsp3) is 0.536. The van der Waals surface area contributed by atoms with Crippen LogP contribution in [0, 0.1) is 0 Å². The number of fused-ring (bicyclic) bond motifs is 3. The quantitative estimate of drug-likeness (QED) is 0.465. The summed E-state index contributed by atoms with van der Waals surface area (Å²) in [6.07, 6.45) is 9.55. The molecule has 1 aliphatic heterocycles. The van der Waals surface area contributed by atoms with Crippen molar-refractivity contribution in [2.45, 2.75) is 90.4 Å². The van der Waals surface area contributed by atoms with Gasteiger partial charge in [0, 0.05) is 36.9 Å². The fourth-order valence-electron chi connectivity index (χ4n) is 4.94. The summed E-state index contributed by atoms with van der Waals surface area (Å²) in [5.74, 6) is 1.69. The molecule has 0 spiro atoms. The summed E-state index contributed by atoms with van der Waals surface area (Å²) in [6, 6.07) is 6.98. The molecular weight excluding hydrogens is 438 g/mol. The minimum Gasteiger partial charge on any atom is -0.444 e. The Balaban J connectivity index is 1.53. The summed E-state index contributed by atoms with van der Waals surface area (Å²) in [7, 11) is 0. The molecule has 1 aromatic heterocycles. The molecule has 1 saturated carbocycles. The van der Waals surface area contributed by atoms with Crippen LogP contribution in [0.15, 0.2) is 31.0 Å². The highest BCUT2D eigenvalue weighted by Crippen LogP contribution is 2.41. The Bertz CT molecular complexity index is 1050. The Kier molecular flexibility index (Phi) is 7.63. The molecule has 0 atom stereocenters. The van der Waals surface area contributed by atoms with Crippen LogP contribution in [0.4, 0.5) is 16.6 Å². The fourth-order valence-corrected chi connectivity index (χ4v) is 4.94. The molecule has 2 N–H and O–H groups in total. The molecule has 1 fully saturated rings. The van der Waals surface area contributed by atoms with Crippen LogP contribution in [-0.4, -0.2) is 40.3 Å². The molecule has 1 amide bonds. The maximum atomic E-state index is 12.2. The normalized spacial score (nSPS) is 19.4. The molecule has 0 bridgehead atoms. The zero-order chi connectivity index (χ0) is 25.0. The lowest BCUT2D eigenvalue weighted by molar-refractivity contribution is 0.0491. The van der Waals surface area contributed by atoms with Crippen molar-refractivity contribution in [1.29, 1.82) is 0 Å². The number of rotatable bonds is 7. The maximum Gasteiger partial charge on any atom is 0.407 e. The molecule has 2 heterocycles. The third kappa shape index (κ3) is 6.13. The van der Waals surface area contributed by atoms with Crippen molar-refractivity contribution < 1.29 is 9.53 Å². The summed E-state index contributed by atoms with van der Waals surface area (Å²) < 4.78 is 5.45. The molecule has 2 aliphatic rings. The number of nitrogens with zero attached hydrogens (tertiary/aromatic N) is 3. The first-order valence-corrected chi connectivity index (χ1v) is 12.9. The van der Waals surface area contributed by atoms with E-state index in [0.717, 1.165) is 68.6 Å². The molecule has 4 rings (SSSR count). The van der Waals surface area contributed by atoms with Crippen molar-refractivity contribution >= 4 is 23.9 Å². The number of nitrogens with one attached hydrogen (secondary N) is 2. The maximum absolute atomic E-state index is 12.2. The van der Waals surface area contributed by atoms with Gasteiger partial charge < -0.3 is 20.3 Å². The third-order valence-electron chi connectivity index (χ3n) is 6.71. The first-order valence-electron chi connectivity index (χ1n) is 12.9. The van der Waals surface area contributed by atoms with Crippen LogP contribution in [0.5, 0.6) is 0 Å². The zero-order valence-corrected chi connectivity index (χ0v) is 21.6. The van der Waals surface area contributed by atoms with Gasteiger partial charge in [0.1, 0.15) is 11.4 Å². The Morgan fingerprint density at radius 2 is 2.00 bits per heavy atom. The molecule has 7 heteroatoms. The van der Waals surface area contributed by atoms with Gasteiger partial charge in [0.25, 0.3) is 0 Å². The standard InChI is InChI=1S/C28H39N5O2/c1-6-8-15-29-26-30-17-24-23-14-9-19(7-2)16-20(23)18-33(25(24)32-26)22-12-10-21(11-13-22)31-27(34)35-28(3,4)5/h7,9,14,16-17,21-22H,2,6,8,10-13,15,18H2,1,3-5H3,(H,31,34)(H,29,30,32). The zero-order valence-electron chi connectivity index (χ0n) is 21.6. The molecule has 7 nitrogen and oxygen atoms in total. The van der Waals surface area contributed by atoms with Crippen LogP contribution in [-0.2, 0) is 11.3 Å². The topological polar surface area (TPSA) is 79.4 Å². The highest BCUT2D eigenvalue weighted by molar-refractivity contribution is 5.82. The van der Waals surface area contributed by atoms with E-state index in [4.69, 9.17) is 9.72 Å². The van der Waals surface area contributed by atoms with Crippen LogP contribution in [0.25, 0.3) is 17.2 Å². The Labute approximate surface area is 209 Å². The molecule has 188 valence electrons. The van der Waals surface area contributed by atoms with Crippen molar-refractivity contribution in [2.24, 2.45) is 0 Å². The minimum atomic E-state index is -0.487. The lowest BCUT2D eigenvalue weighted by atomic mass is 9.87. The third-order valence-corrected chi connectivity index (χ3v) is 6.71. The Hall–Kier alpha value is -3.09. The number of amides is 1. The second-order valence-corrected chi connectivity index (χ2v) is 10.6. The molecule has 2 aromatic rings. The van der Waals surface area contributed by atoms with E-state index in [0.29, 0.717) is 12.0 Å². The van der Waals surface area contributed by atoms with Gasteiger partial charge in [-0.15, -0.1) is 0 Å². The lowest BCUT2D eigenvalue weighted by Crippen LogP contribution is -2.46. The van der Waals surface area contributed by atoms with E-state index in [1.807, 2.05) is 33.0 Å². The predicted molar refractivity (Wildman–Crippen MR) is 143 cm³/mol.